The minimum absolute atomic E-state index is 0.114. The molecular weight excluding hydrogens is 272 g/mol. The van der Waals surface area contributed by atoms with Crippen LogP contribution in [0.15, 0.2) is 18.2 Å². The SMILES string of the molecule is Nc1ccc(C(=O)N2CCCC3CCCCC32)cc1Cl. The summed E-state index contributed by atoms with van der Waals surface area (Å²) in [6.07, 6.45) is 7.38. The lowest BCUT2D eigenvalue weighted by Crippen LogP contribution is -2.49. The van der Waals surface area contributed by atoms with Crippen molar-refractivity contribution in [2.24, 2.45) is 5.92 Å². The van der Waals surface area contributed by atoms with E-state index in [1.54, 1.807) is 18.2 Å². The number of carbonyl (C=O) groups is 1. The van der Waals surface area contributed by atoms with Crippen molar-refractivity contribution >= 4 is 23.2 Å². The van der Waals surface area contributed by atoms with Crippen LogP contribution in [0.1, 0.15) is 48.9 Å². The minimum atomic E-state index is 0.114. The number of piperidine rings is 1. The van der Waals surface area contributed by atoms with Crippen molar-refractivity contribution in [3.63, 3.8) is 0 Å². The summed E-state index contributed by atoms with van der Waals surface area (Å²) in [7, 11) is 0. The van der Waals surface area contributed by atoms with Crippen LogP contribution in [-0.4, -0.2) is 23.4 Å². The van der Waals surface area contributed by atoms with E-state index in [1.165, 1.54) is 25.7 Å². The second kappa shape index (κ2) is 5.65. The third-order valence-electron chi connectivity index (χ3n) is 4.75. The molecular formula is C16H21ClN2O. The topological polar surface area (TPSA) is 46.3 Å². The fraction of sp³-hybridized carbons (Fsp3) is 0.562. The number of amides is 1. The monoisotopic (exact) mass is 292 g/mol. The van der Waals surface area contributed by atoms with Gasteiger partial charge in [-0.2, -0.15) is 0 Å². The largest absolute Gasteiger partial charge is 0.398 e. The van der Waals surface area contributed by atoms with E-state index in [-0.39, 0.29) is 5.91 Å². The predicted octanol–water partition coefficient (Wildman–Crippen LogP) is 3.72. The molecule has 1 aromatic rings. The number of rotatable bonds is 1. The highest BCUT2D eigenvalue weighted by Crippen LogP contribution is 2.36. The molecule has 1 aliphatic carbocycles. The van der Waals surface area contributed by atoms with Crippen molar-refractivity contribution in [3.05, 3.63) is 28.8 Å². The van der Waals surface area contributed by atoms with E-state index < -0.39 is 0 Å². The fourth-order valence-corrected chi connectivity index (χ4v) is 3.88. The molecule has 0 radical (unpaired) electrons. The molecule has 1 aliphatic heterocycles. The van der Waals surface area contributed by atoms with Gasteiger partial charge in [-0.15, -0.1) is 0 Å². The minimum Gasteiger partial charge on any atom is -0.398 e. The van der Waals surface area contributed by atoms with Crippen LogP contribution in [0.2, 0.25) is 5.02 Å². The van der Waals surface area contributed by atoms with Crippen LogP contribution in [0.4, 0.5) is 5.69 Å². The Kier molecular flexibility index (Phi) is 3.88. The van der Waals surface area contributed by atoms with E-state index >= 15 is 0 Å². The van der Waals surface area contributed by atoms with E-state index in [9.17, 15) is 4.79 Å². The average molecular weight is 293 g/mol. The van der Waals surface area contributed by atoms with Crippen LogP contribution in [0.3, 0.4) is 0 Å². The van der Waals surface area contributed by atoms with Crippen LogP contribution < -0.4 is 5.73 Å². The zero-order valence-corrected chi connectivity index (χ0v) is 12.4. The Morgan fingerprint density at radius 3 is 2.75 bits per heavy atom. The van der Waals surface area contributed by atoms with E-state index in [0.29, 0.717) is 28.2 Å². The third kappa shape index (κ3) is 2.51. The molecule has 3 rings (SSSR count). The lowest BCUT2D eigenvalue weighted by molar-refractivity contribution is 0.0391. The van der Waals surface area contributed by atoms with Crippen molar-refractivity contribution in [2.75, 3.05) is 12.3 Å². The average Bonchev–Trinajstić information content (AvgIpc) is 2.49. The van der Waals surface area contributed by atoms with Gasteiger partial charge < -0.3 is 10.6 Å². The number of likely N-dealkylation sites (tertiary alicyclic amines) is 1. The maximum Gasteiger partial charge on any atom is 0.254 e. The summed E-state index contributed by atoms with van der Waals surface area (Å²) < 4.78 is 0. The number of halogens is 1. The number of nitrogen functional groups attached to an aromatic ring is 1. The highest BCUT2D eigenvalue weighted by atomic mass is 35.5. The van der Waals surface area contributed by atoms with Gasteiger partial charge in [-0.05, 0) is 49.8 Å². The molecule has 3 nitrogen and oxygen atoms in total. The summed E-state index contributed by atoms with van der Waals surface area (Å²) in [6, 6.07) is 5.64. The number of hydrogen-bond donors (Lipinski definition) is 1. The lowest BCUT2D eigenvalue weighted by Gasteiger charge is -2.44. The summed E-state index contributed by atoms with van der Waals surface area (Å²) in [4.78, 5) is 14.8. The summed E-state index contributed by atoms with van der Waals surface area (Å²) in [5.74, 6) is 0.814. The molecule has 2 fully saturated rings. The molecule has 2 unspecified atom stereocenters. The Hall–Kier alpha value is -1.22. The van der Waals surface area contributed by atoms with Gasteiger partial charge in [0.1, 0.15) is 0 Å². The van der Waals surface area contributed by atoms with Crippen LogP contribution in [-0.2, 0) is 0 Å². The highest BCUT2D eigenvalue weighted by Gasteiger charge is 2.35. The summed E-state index contributed by atoms with van der Waals surface area (Å²) in [5, 5.41) is 0.466. The smallest absolute Gasteiger partial charge is 0.254 e. The molecule has 4 heteroatoms. The zero-order chi connectivity index (χ0) is 14.1. The van der Waals surface area contributed by atoms with Crippen molar-refractivity contribution in [1.82, 2.24) is 4.90 Å². The van der Waals surface area contributed by atoms with E-state index in [4.69, 9.17) is 17.3 Å². The molecule has 108 valence electrons. The molecule has 1 amide bonds. The number of carbonyl (C=O) groups excluding carboxylic acids is 1. The first-order chi connectivity index (χ1) is 9.66. The molecule has 1 saturated heterocycles. The lowest BCUT2D eigenvalue weighted by atomic mass is 9.78. The number of fused-ring (bicyclic) bond motifs is 1. The Morgan fingerprint density at radius 1 is 1.20 bits per heavy atom. The van der Waals surface area contributed by atoms with Gasteiger partial charge in [-0.25, -0.2) is 0 Å². The normalized spacial score (nSPS) is 26.1. The summed E-state index contributed by atoms with van der Waals surface area (Å²) in [6.45, 7) is 0.877. The Bertz CT molecular complexity index is 515. The number of hydrogen-bond acceptors (Lipinski definition) is 2. The van der Waals surface area contributed by atoms with Gasteiger partial charge in [-0.3, -0.25) is 4.79 Å². The maximum absolute atomic E-state index is 12.7. The third-order valence-corrected chi connectivity index (χ3v) is 5.08. The molecule has 0 bridgehead atoms. The fourth-order valence-electron chi connectivity index (χ4n) is 3.70. The van der Waals surface area contributed by atoms with Crippen molar-refractivity contribution < 1.29 is 4.79 Å². The maximum atomic E-state index is 12.7. The molecule has 0 aromatic heterocycles. The first kappa shape index (κ1) is 13.7. The second-order valence-corrected chi connectivity index (χ2v) is 6.40. The molecule has 1 heterocycles. The predicted molar refractivity (Wildman–Crippen MR) is 81.9 cm³/mol. The van der Waals surface area contributed by atoms with Gasteiger partial charge in [0.05, 0.1) is 10.7 Å². The molecule has 0 spiro atoms. The van der Waals surface area contributed by atoms with Gasteiger partial charge in [-0.1, -0.05) is 24.4 Å². The Morgan fingerprint density at radius 2 is 1.95 bits per heavy atom. The van der Waals surface area contributed by atoms with Crippen LogP contribution in [0, 0.1) is 5.92 Å². The van der Waals surface area contributed by atoms with E-state index in [1.807, 2.05) is 0 Å². The molecule has 2 N–H and O–H groups in total. The van der Waals surface area contributed by atoms with E-state index in [0.717, 1.165) is 19.4 Å². The van der Waals surface area contributed by atoms with E-state index in [2.05, 4.69) is 4.90 Å². The van der Waals surface area contributed by atoms with Gasteiger partial charge in [0.25, 0.3) is 5.91 Å². The van der Waals surface area contributed by atoms with Crippen LogP contribution in [0.25, 0.3) is 0 Å². The first-order valence-corrected chi connectivity index (χ1v) is 7.90. The van der Waals surface area contributed by atoms with Crippen molar-refractivity contribution in [2.45, 2.75) is 44.6 Å². The standard InChI is InChI=1S/C16H21ClN2O/c17-13-10-12(7-8-14(13)18)16(20)19-9-3-5-11-4-1-2-6-15(11)19/h7-8,10-11,15H,1-6,9,18H2. The summed E-state index contributed by atoms with van der Waals surface area (Å²) in [5.41, 5.74) is 6.90. The Labute approximate surface area is 125 Å². The quantitative estimate of drug-likeness (QED) is 0.802. The van der Waals surface area contributed by atoms with Gasteiger partial charge >= 0.3 is 0 Å². The van der Waals surface area contributed by atoms with Crippen LogP contribution in [0.5, 0.6) is 0 Å². The molecule has 20 heavy (non-hydrogen) atoms. The zero-order valence-electron chi connectivity index (χ0n) is 11.6. The van der Waals surface area contributed by atoms with Gasteiger partial charge in [0.15, 0.2) is 0 Å². The van der Waals surface area contributed by atoms with Gasteiger partial charge in [0, 0.05) is 18.2 Å². The first-order valence-electron chi connectivity index (χ1n) is 7.53. The number of nitrogens with two attached hydrogens (primary N) is 1. The highest BCUT2D eigenvalue weighted by molar-refractivity contribution is 6.33. The number of nitrogens with zero attached hydrogens (tertiary/aromatic N) is 1. The molecule has 2 aliphatic rings. The van der Waals surface area contributed by atoms with Crippen LogP contribution >= 0.6 is 11.6 Å². The summed E-state index contributed by atoms with van der Waals surface area (Å²) >= 11 is 6.04. The van der Waals surface area contributed by atoms with Gasteiger partial charge in [0.2, 0.25) is 0 Å². The number of anilines is 1. The molecule has 2 atom stereocenters. The second-order valence-electron chi connectivity index (χ2n) is 5.99. The molecule has 1 aromatic carbocycles. The molecule has 1 saturated carbocycles. The van der Waals surface area contributed by atoms with Crippen molar-refractivity contribution in [1.29, 1.82) is 0 Å². The van der Waals surface area contributed by atoms with Crippen molar-refractivity contribution in [3.8, 4) is 0 Å². The Balaban J connectivity index is 1.83. The number of benzene rings is 1.